The van der Waals surface area contributed by atoms with Gasteiger partial charge in [0, 0.05) is 74.3 Å². The summed E-state index contributed by atoms with van der Waals surface area (Å²) in [6, 6.07) is -8.65. The molecule has 25 nitrogen and oxygen atoms in total. The minimum absolute atomic E-state index is 0.00210. The molecular formula is C72H116ClF3N12O13. The average Bonchev–Trinajstić information content (AvgIpc) is 1.75. The van der Waals surface area contributed by atoms with Crippen molar-refractivity contribution in [3.63, 3.8) is 0 Å². The van der Waals surface area contributed by atoms with Gasteiger partial charge in [0.1, 0.15) is 47.8 Å². The molecule has 7 fully saturated rings. The number of nitrogens with one attached hydrogen (secondary N) is 3. The summed E-state index contributed by atoms with van der Waals surface area (Å²) in [7, 11) is 10.0. The second-order valence-corrected chi connectivity index (χ2v) is 31.6. The number of amides is 12. The van der Waals surface area contributed by atoms with Crippen molar-refractivity contribution >= 4 is 82.5 Å². The van der Waals surface area contributed by atoms with E-state index in [2.05, 4.69) is 22.9 Å². The first-order chi connectivity index (χ1) is 47.6. The van der Waals surface area contributed by atoms with Gasteiger partial charge in [-0.2, -0.15) is 13.2 Å². The van der Waals surface area contributed by atoms with E-state index >= 15 is 28.8 Å². The Labute approximate surface area is 600 Å². The SMILES string of the molecule is CC[C@H](C)[C@@H]1NC(=O)[C@H](CC(C)C)N(C)C(=O)C[C@@H](C(=O)N2CCOCC2)N(C)C(=O)[C@H](C2CCCC2)N(C)C(=O)C2(CCCC2)NC(=O)[C@@H]2CCCN2C(=O)[C@H](CCC2CCC(C(F)(F)F)C(Cl)C2)NC(=O)CN(C)C(=O)[C@H](CC2CCC(C)CC2)N(C)C(=O)CN(C)C(=O)CN(C)C1=O. The van der Waals surface area contributed by atoms with Gasteiger partial charge >= 0.3 is 6.18 Å². The lowest BCUT2D eigenvalue weighted by Crippen LogP contribution is -2.65. The summed E-state index contributed by atoms with van der Waals surface area (Å²) in [6.45, 7) is 8.61. The van der Waals surface area contributed by atoms with Crippen LogP contribution in [0.5, 0.6) is 0 Å². The molecule has 570 valence electrons. The predicted octanol–water partition coefficient (Wildman–Crippen LogP) is 5.19. The Kier molecular flexibility index (Phi) is 29.5. The number of hydrogen-bond acceptors (Lipinski definition) is 13. The molecule has 3 heterocycles. The molecule has 0 aromatic carbocycles. The van der Waals surface area contributed by atoms with Crippen molar-refractivity contribution in [3.05, 3.63) is 0 Å². The number of carbonyl (C=O) groups is 12. The second kappa shape index (κ2) is 36.4. The van der Waals surface area contributed by atoms with Crippen LogP contribution >= 0.6 is 11.6 Å². The van der Waals surface area contributed by atoms with Crippen LogP contribution in [-0.2, 0) is 62.3 Å². The third-order valence-electron chi connectivity index (χ3n) is 23.3. The number of morpholine rings is 1. The summed E-state index contributed by atoms with van der Waals surface area (Å²) in [5, 5.41) is 7.60. The number of hydrogen-bond donors (Lipinski definition) is 3. The van der Waals surface area contributed by atoms with E-state index in [4.69, 9.17) is 16.3 Å². The normalized spacial score (nSPS) is 31.1. The van der Waals surface area contributed by atoms with Crippen molar-refractivity contribution in [1.82, 2.24) is 60.0 Å². The Balaban J connectivity index is 1.27. The molecule has 0 aromatic rings. The maximum atomic E-state index is 15.7. The molecule has 0 bridgehead atoms. The largest absolute Gasteiger partial charge is 0.393 e. The molecule has 0 aromatic heterocycles. The highest BCUT2D eigenvalue weighted by Crippen LogP contribution is 2.44. The highest BCUT2D eigenvalue weighted by Gasteiger charge is 2.52. The highest BCUT2D eigenvalue weighted by molar-refractivity contribution is 6.21. The molecule has 0 radical (unpaired) electrons. The van der Waals surface area contributed by atoms with E-state index in [1.165, 1.54) is 78.7 Å². The fourth-order valence-corrected chi connectivity index (χ4v) is 17.0. The zero-order chi connectivity index (χ0) is 74.5. The van der Waals surface area contributed by atoms with Crippen LogP contribution in [0, 0.1) is 41.4 Å². The van der Waals surface area contributed by atoms with Crippen LogP contribution in [0.25, 0.3) is 0 Å². The Morgan fingerprint density at radius 3 is 1.83 bits per heavy atom. The van der Waals surface area contributed by atoms with Gasteiger partial charge in [0.2, 0.25) is 70.9 Å². The molecule has 4 aliphatic carbocycles. The van der Waals surface area contributed by atoms with Crippen LogP contribution < -0.4 is 16.0 Å². The summed E-state index contributed by atoms with van der Waals surface area (Å²) in [5.41, 5.74) is -1.56. The molecular weight excluding hydrogens is 1330 g/mol. The molecule has 3 unspecified atom stereocenters. The number of rotatable bonds is 11. The third kappa shape index (κ3) is 20.8. The van der Waals surface area contributed by atoms with Gasteiger partial charge in [-0.25, -0.2) is 0 Å². The number of ether oxygens (including phenoxy) is 1. The van der Waals surface area contributed by atoms with Gasteiger partial charge in [-0.1, -0.05) is 92.4 Å². The van der Waals surface area contributed by atoms with E-state index in [9.17, 15) is 41.9 Å². The van der Waals surface area contributed by atoms with E-state index in [-0.39, 0.29) is 115 Å². The van der Waals surface area contributed by atoms with E-state index in [1.807, 2.05) is 20.8 Å². The van der Waals surface area contributed by atoms with Crippen molar-refractivity contribution in [1.29, 1.82) is 0 Å². The monoisotopic (exact) mass is 1450 g/mol. The summed E-state index contributed by atoms with van der Waals surface area (Å²) < 4.78 is 47.7. The van der Waals surface area contributed by atoms with Gasteiger partial charge in [0.05, 0.1) is 45.2 Å². The first-order valence-corrected chi connectivity index (χ1v) is 37.6. The Bertz CT molecular complexity index is 2940. The number of likely N-dealkylation sites (N-methyl/N-ethyl adjacent to an activating group) is 7. The standard InChI is InChI=1S/C72H116ClF3N12O13/c1-13-46(5)61-68(98)82(8)42-59(91)80(6)43-60(92)84(10)55(39-48-24-22-45(4)23-25-48)66(96)81(7)41-57(89)77-52(29-27-47-26-28-50(51(73)38-47)72(74,75)76)65(95)88-32-18-21-53(88)64(94)79-71(30-16-17-31-71)70(100)86(12)62(49-19-14-15-20-49)69(99)85(11)56(67(97)87-33-35-101-36-34-87)40-58(90)83(9)54(37-44(2)3)63(93)78-61/h44-56,61-62H,13-43H2,1-12H3,(H,77,89)(H,78,93)(H,79,94)/t45?,46-,47?,48?,50?,51?,52-,53-,54-,55-,56-,61-,62-/m0/s1. The number of nitrogens with zero attached hydrogens (tertiary/aromatic N) is 9. The smallest absolute Gasteiger partial charge is 0.378 e. The molecule has 7 aliphatic rings. The van der Waals surface area contributed by atoms with E-state index in [0.717, 1.165) is 53.2 Å². The summed E-state index contributed by atoms with van der Waals surface area (Å²) in [5.74, 6) is -10.3. The molecule has 3 aliphatic heterocycles. The van der Waals surface area contributed by atoms with Crippen molar-refractivity contribution in [2.75, 3.05) is 102 Å². The van der Waals surface area contributed by atoms with E-state index < -0.39 is 174 Å². The molecule has 101 heavy (non-hydrogen) atoms. The summed E-state index contributed by atoms with van der Waals surface area (Å²) in [4.78, 5) is 191. The Morgan fingerprint density at radius 1 is 0.624 bits per heavy atom. The maximum absolute atomic E-state index is 15.7. The fraction of sp³-hybridized carbons (Fsp3) is 0.833. The number of alkyl halides is 4. The molecule has 3 saturated heterocycles. The molecule has 12 amide bonds. The number of carbonyl (C=O) groups excluding carboxylic acids is 12. The van der Waals surface area contributed by atoms with Crippen LogP contribution in [-0.4, -0.2) is 276 Å². The highest BCUT2D eigenvalue weighted by atomic mass is 35.5. The summed E-state index contributed by atoms with van der Waals surface area (Å²) >= 11 is 6.41. The van der Waals surface area contributed by atoms with Gasteiger partial charge in [-0.05, 0) is 119 Å². The number of fused-ring (bicyclic) bond motifs is 1. The quantitative estimate of drug-likeness (QED) is 0.225. The van der Waals surface area contributed by atoms with Gasteiger partial charge < -0.3 is 64.8 Å². The lowest BCUT2D eigenvalue weighted by atomic mass is 9.78. The minimum Gasteiger partial charge on any atom is -0.378 e. The van der Waals surface area contributed by atoms with Crippen molar-refractivity contribution in [2.45, 2.75) is 242 Å². The van der Waals surface area contributed by atoms with Crippen molar-refractivity contribution < 1.29 is 75.4 Å². The van der Waals surface area contributed by atoms with Gasteiger partial charge in [0.25, 0.3) is 0 Å². The lowest BCUT2D eigenvalue weighted by molar-refractivity contribution is -0.182. The third-order valence-corrected chi connectivity index (χ3v) is 23.8. The zero-order valence-electron chi connectivity index (χ0n) is 61.9. The Hall–Kier alpha value is -6.32. The zero-order valence-corrected chi connectivity index (χ0v) is 62.7. The van der Waals surface area contributed by atoms with Gasteiger partial charge in [0.15, 0.2) is 0 Å². The van der Waals surface area contributed by atoms with Crippen LogP contribution in [0.4, 0.5) is 13.2 Å². The molecule has 1 spiro atoms. The van der Waals surface area contributed by atoms with Gasteiger partial charge in [-0.15, -0.1) is 11.6 Å². The Morgan fingerprint density at radius 2 is 1.23 bits per heavy atom. The van der Waals surface area contributed by atoms with Crippen molar-refractivity contribution in [2.24, 2.45) is 41.4 Å². The first-order valence-electron chi connectivity index (χ1n) is 37.2. The topological polar surface area (TPSA) is 279 Å². The molecule has 4 saturated carbocycles. The molecule has 29 heteroatoms. The summed E-state index contributed by atoms with van der Waals surface area (Å²) in [6.07, 6.45) is 3.51. The van der Waals surface area contributed by atoms with E-state index in [0.29, 0.717) is 44.4 Å². The molecule has 7 rings (SSSR count). The van der Waals surface area contributed by atoms with Crippen LogP contribution in [0.1, 0.15) is 182 Å². The van der Waals surface area contributed by atoms with E-state index in [1.54, 1.807) is 6.92 Å². The fourth-order valence-electron chi connectivity index (χ4n) is 16.5. The van der Waals surface area contributed by atoms with Crippen molar-refractivity contribution in [3.8, 4) is 0 Å². The lowest BCUT2D eigenvalue weighted by Gasteiger charge is -2.42. The van der Waals surface area contributed by atoms with Crippen LogP contribution in [0.3, 0.4) is 0 Å². The minimum atomic E-state index is -4.51. The molecule has 3 N–H and O–H groups in total. The van der Waals surface area contributed by atoms with Crippen LogP contribution in [0.15, 0.2) is 0 Å². The second-order valence-electron chi connectivity index (χ2n) is 31.1. The average molecular weight is 1450 g/mol. The van der Waals surface area contributed by atoms with Crippen LogP contribution in [0.2, 0.25) is 0 Å². The first kappa shape index (κ1) is 82.0. The predicted molar refractivity (Wildman–Crippen MR) is 371 cm³/mol. The maximum Gasteiger partial charge on any atom is 0.393 e. The molecule has 11 atom stereocenters. The number of halogens is 4. The van der Waals surface area contributed by atoms with Gasteiger partial charge in [-0.3, -0.25) is 57.5 Å².